The summed E-state index contributed by atoms with van der Waals surface area (Å²) in [4.78, 5) is 12.8. The Morgan fingerprint density at radius 3 is 2.62 bits per heavy atom. The van der Waals surface area contributed by atoms with Crippen LogP contribution < -0.4 is 19.1 Å². The van der Waals surface area contributed by atoms with Crippen molar-refractivity contribution < 1.29 is 22.7 Å². The highest BCUT2D eigenvalue weighted by Gasteiger charge is 2.26. The quantitative estimate of drug-likeness (QED) is 0.671. The van der Waals surface area contributed by atoms with E-state index in [2.05, 4.69) is 5.32 Å². The summed E-state index contributed by atoms with van der Waals surface area (Å²) in [6.07, 6.45) is 0. The van der Waals surface area contributed by atoms with Crippen LogP contribution in [0.4, 0.5) is 11.4 Å². The van der Waals surface area contributed by atoms with E-state index in [4.69, 9.17) is 9.47 Å². The zero-order valence-electron chi connectivity index (χ0n) is 15.8. The van der Waals surface area contributed by atoms with Gasteiger partial charge < -0.3 is 14.8 Å². The third-order valence-corrected chi connectivity index (χ3v) is 6.44. The van der Waals surface area contributed by atoms with E-state index < -0.39 is 15.9 Å². The van der Waals surface area contributed by atoms with Crippen molar-refractivity contribution in [3.63, 3.8) is 0 Å². The fraction of sp³-hybridized carbons (Fsp3) is 0.190. The minimum atomic E-state index is -3.68. The summed E-state index contributed by atoms with van der Waals surface area (Å²) < 4.78 is 37.1. The van der Waals surface area contributed by atoms with E-state index in [1.54, 1.807) is 24.3 Å². The van der Waals surface area contributed by atoms with Gasteiger partial charge in [0, 0.05) is 17.1 Å². The Labute approximate surface area is 168 Å². The first-order valence-electron chi connectivity index (χ1n) is 9.15. The van der Waals surface area contributed by atoms with Crippen LogP contribution in [0, 0.1) is 0 Å². The fourth-order valence-corrected chi connectivity index (χ4v) is 4.26. The Morgan fingerprint density at radius 2 is 1.79 bits per heavy atom. The first kappa shape index (κ1) is 19.1. The molecule has 1 aliphatic heterocycles. The Hall–Kier alpha value is -3.26. The lowest BCUT2D eigenvalue weighted by molar-refractivity contribution is -0.114. The van der Waals surface area contributed by atoms with Crippen molar-refractivity contribution in [2.45, 2.75) is 6.92 Å². The number of nitrogens with one attached hydrogen (secondary N) is 1. The lowest BCUT2D eigenvalue weighted by Crippen LogP contribution is -2.39. The van der Waals surface area contributed by atoms with Crippen LogP contribution in [0.3, 0.4) is 0 Å². The first-order valence-corrected chi connectivity index (χ1v) is 10.8. The van der Waals surface area contributed by atoms with E-state index in [-0.39, 0.29) is 19.1 Å². The van der Waals surface area contributed by atoms with E-state index in [0.29, 0.717) is 22.9 Å². The van der Waals surface area contributed by atoms with Crippen LogP contribution in [0.1, 0.15) is 6.92 Å². The van der Waals surface area contributed by atoms with Crippen molar-refractivity contribution in [3.05, 3.63) is 60.7 Å². The summed E-state index contributed by atoms with van der Waals surface area (Å²) in [5, 5.41) is 4.70. The molecule has 0 spiro atoms. The van der Waals surface area contributed by atoms with Gasteiger partial charge in [-0.25, -0.2) is 8.42 Å². The Morgan fingerprint density at radius 1 is 1.03 bits per heavy atom. The number of ether oxygens (including phenoxy) is 2. The number of fused-ring (bicyclic) bond motifs is 2. The molecule has 1 aliphatic rings. The molecule has 29 heavy (non-hydrogen) atoms. The third kappa shape index (κ3) is 3.84. The van der Waals surface area contributed by atoms with Crippen molar-refractivity contribution in [3.8, 4) is 11.5 Å². The molecule has 3 aromatic carbocycles. The lowest BCUT2D eigenvalue weighted by atomic mass is 10.1. The van der Waals surface area contributed by atoms with Gasteiger partial charge in [-0.1, -0.05) is 36.4 Å². The number of carbonyl (C=O) groups excluding carboxylic acids is 1. The molecular formula is C21H20N2O5S. The molecule has 0 saturated carbocycles. The summed E-state index contributed by atoms with van der Waals surface area (Å²) in [7, 11) is -3.68. The van der Waals surface area contributed by atoms with Gasteiger partial charge in [0.1, 0.15) is 6.54 Å². The molecule has 0 aliphatic carbocycles. The van der Waals surface area contributed by atoms with Crippen LogP contribution >= 0.6 is 0 Å². The smallest absolute Gasteiger partial charge is 0.245 e. The number of sulfonamides is 1. The number of benzene rings is 3. The zero-order valence-corrected chi connectivity index (χ0v) is 16.6. The van der Waals surface area contributed by atoms with E-state index in [0.717, 1.165) is 15.1 Å². The Balaban J connectivity index is 1.62. The molecule has 0 radical (unpaired) electrons. The SMILES string of the molecule is CCS(=O)(=O)N(CC(=O)Nc1cccc2ccccc12)c1ccc2c(c1)OCO2. The maximum atomic E-state index is 12.8. The number of hydrogen-bond donors (Lipinski definition) is 1. The van der Waals surface area contributed by atoms with Crippen molar-refractivity contribution in [2.24, 2.45) is 0 Å². The molecule has 0 aromatic heterocycles. The van der Waals surface area contributed by atoms with Gasteiger partial charge in [-0.3, -0.25) is 9.10 Å². The Kier molecular flexibility index (Phi) is 5.02. The van der Waals surface area contributed by atoms with Gasteiger partial charge in [0.15, 0.2) is 11.5 Å². The minimum absolute atomic E-state index is 0.0842. The monoisotopic (exact) mass is 412 g/mol. The van der Waals surface area contributed by atoms with E-state index in [9.17, 15) is 13.2 Å². The number of amides is 1. The summed E-state index contributed by atoms with van der Waals surface area (Å²) in [5.74, 6) is 0.426. The molecule has 150 valence electrons. The molecule has 0 atom stereocenters. The van der Waals surface area contributed by atoms with Gasteiger partial charge in [0.05, 0.1) is 11.4 Å². The van der Waals surface area contributed by atoms with Gasteiger partial charge in [0.25, 0.3) is 0 Å². The van der Waals surface area contributed by atoms with Crippen LogP contribution in [-0.4, -0.2) is 33.4 Å². The fourth-order valence-electron chi connectivity index (χ4n) is 3.20. The number of carbonyl (C=O) groups is 1. The van der Waals surface area contributed by atoms with Crippen molar-refractivity contribution >= 4 is 38.1 Å². The molecule has 3 aromatic rings. The second-order valence-electron chi connectivity index (χ2n) is 6.52. The van der Waals surface area contributed by atoms with Gasteiger partial charge >= 0.3 is 0 Å². The predicted molar refractivity (Wildman–Crippen MR) is 112 cm³/mol. The van der Waals surface area contributed by atoms with Crippen molar-refractivity contribution in [1.82, 2.24) is 0 Å². The minimum Gasteiger partial charge on any atom is -0.454 e. The highest BCUT2D eigenvalue weighted by atomic mass is 32.2. The molecule has 0 saturated heterocycles. The standard InChI is InChI=1S/C21H20N2O5S/c1-2-29(25,26)23(16-10-11-19-20(12-16)28-14-27-19)13-21(24)22-18-9-5-7-15-6-3-4-8-17(15)18/h3-12H,2,13-14H2,1H3,(H,22,24). The molecule has 8 heteroatoms. The highest BCUT2D eigenvalue weighted by Crippen LogP contribution is 2.36. The van der Waals surface area contributed by atoms with Gasteiger partial charge in [-0.15, -0.1) is 0 Å². The maximum Gasteiger partial charge on any atom is 0.245 e. The number of rotatable bonds is 6. The van der Waals surface area contributed by atoms with E-state index in [1.165, 1.54) is 6.92 Å². The number of anilines is 2. The van der Waals surface area contributed by atoms with Crippen molar-refractivity contribution in [1.29, 1.82) is 0 Å². The summed E-state index contributed by atoms with van der Waals surface area (Å²) in [6, 6.07) is 18.1. The van der Waals surface area contributed by atoms with E-state index >= 15 is 0 Å². The summed E-state index contributed by atoms with van der Waals surface area (Å²) in [6.45, 7) is 1.28. The molecule has 0 bridgehead atoms. The predicted octanol–water partition coefficient (Wildman–Crippen LogP) is 3.36. The summed E-state index contributed by atoms with van der Waals surface area (Å²) in [5.41, 5.74) is 0.983. The van der Waals surface area contributed by atoms with Gasteiger partial charge in [0.2, 0.25) is 22.7 Å². The van der Waals surface area contributed by atoms with Crippen LogP contribution in [0.25, 0.3) is 10.8 Å². The first-order chi connectivity index (χ1) is 14.0. The highest BCUT2D eigenvalue weighted by molar-refractivity contribution is 7.92. The molecule has 1 amide bonds. The molecule has 4 rings (SSSR count). The largest absolute Gasteiger partial charge is 0.454 e. The normalized spacial score (nSPS) is 12.7. The van der Waals surface area contributed by atoms with E-state index in [1.807, 2.05) is 36.4 Å². The Bertz CT molecular complexity index is 1170. The second kappa shape index (κ2) is 7.63. The lowest BCUT2D eigenvalue weighted by Gasteiger charge is -2.23. The van der Waals surface area contributed by atoms with Crippen LogP contribution in [0.2, 0.25) is 0 Å². The summed E-state index contributed by atoms with van der Waals surface area (Å²) >= 11 is 0. The molecule has 1 heterocycles. The number of hydrogen-bond acceptors (Lipinski definition) is 5. The topological polar surface area (TPSA) is 84.9 Å². The number of nitrogens with zero attached hydrogens (tertiary/aromatic N) is 1. The average molecular weight is 412 g/mol. The van der Waals surface area contributed by atoms with Gasteiger partial charge in [-0.2, -0.15) is 0 Å². The van der Waals surface area contributed by atoms with Crippen LogP contribution in [0.15, 0.2) is 60.7 Å². The third-order valence-electron chi connectivity index (χ3n) is 4.70. The average Bonchev–Trinajstić information content (AvgIpc) is 3.20. The van der Waals surface area contributed by atoms with Crippen LogP contribution in [0.5, 0.6) is 11.5 Å². The molecule has 0 unspecified atom stereocenters. The molecular weight excluding hydrogens is 392 g/mol. The van der Waals surface area contributed by atoms with Gasteiger partial charge in [-0.05, 0) is 30.5 Å². The molecule has 1 N–H and O–H groups in total. The molecule has 0 fully saturated rings. The maximum absolute atomic E-state index is 12.8. The molecule has 7 nitrogen and oxygen atoms in total. The second-order valence-corrected chi connectivity index (χ2v) is 8.70. The van der Waals surface area contributed by atoms with Crippen LogP contribution in [-0.2, 0) is 14.8 Å². The zero-order chi connectivity index (χ0) is 20.4. The van der Waals surface area contributed by atoms with Crippen molar-refractivity contribution in [2.75, 3.05) is 28.7 Å².